The van der Waals surface area contributed by atoms with Gasteiger partial charge in [-0.05, 0) is 12.1 Å². The van der Waals surface area contributed by atoms with Gasteiger partial charge in [0.05, 0.1) is 5.02 Å². The molecule has 0 radical (unpaired) electrons. The second-order valence-corrected chi connectivity index (χ2v) is 5.71. The van der Waals surface area contributed by atoms with Crippen molar-refractivity contribution >= 4 is 37.6 Å². The molecule has 16 heavy (non-hydrogen) atoms. The van der Waals surface area contributed by atoms with E-state index in [1.165, 1.54) is 18.2 Å². The number of halogens is 2. The molecule has 2 N–H and O–H groups in total. The van der Waals surface area contributed by atoms with E-state index < -0.39 is 10.0 Å². The molecule has 4 nitrogen and oxygen atoms in total. The van der Waals surface area contributed by atoms with Crippen LogP contribution in [-0.2, 0) is 10.0 Å². The lowest BCUT2D eigenvalue weighted by Crippen LogP contribution is -2.14. The largest absolute Gasteiger partial charge is 0.487 e. The van der Waals surface area contributed by atoms with Crippen LogP contribution in [-0.4, -0.2) is 15.0 Å². The molecule has 1 rings (SSSR count). The average Bonchev–Trinajstić information content (AvgIpc) is 2.14. The zero-order valence-electron chi connectivity index (χ0n) is 8.11. The van der Waals surface area contributed by atoms with Gasteiger partial charge in [0.25, 0.3) is 0 Å². The van der Waals surface area contributed by atoms with Crippen molar-refractivity contribution in [2.24, 2.45) is 5.14 Å². The fourth-order valence-electron chi connectivity index (χ4n) is 1.03. The fraction of sp³-hybridized carbons (Fsp3) is 0.111. The van der Waals surface area contributed by atoms with Crippen molar-refractivity contribution in [3.63, 3.8) is 0 Å². The topological polar surface area (TPSA) is 69.4 Å². The SMILES string of the molecule is C=CCOc1c(Cl)cc(Br)cc1S(N)(=O)=O. The highest BCUT2D eigenvalue weighted by Crippen LogP contribution is 2.34. The third kappa shape index (κ3) is 3.21. The average molecular weight is 327 g/mol. The van der Waals surface area contributed by atoms with Crippen LogP contribution in [0.5, 0.6) is 5.75 Å². The number of ether oxygens (including phenoxy) is 1. The van der Waals surface area contributed by atoms with Gasteiger partial charge >= 0.3 is 0 Å². The summed E-state index contributed by atoms with van der Waals surface area (Å²) in [7, 11) is -3.88. The van der Waals surface area contributed by atoms with Crippen molar-refractivity contribution in [2.75, 3.05) is 6.61 Å². The Morgan fingerprint density at radius 3 is 2.69 bits per heavy atom. The standard InChI is InChI=1S/C9H9BrClNO3S/c1-2-3-15-9-7(11)4-6(10)5-8(9)16(12,13)14/h2,4-5H,1,3H2,(H2,12,13,14). The van der Waals surface area contributed by atoms with Gasteiger partial charge in [-0.15, -0.1) is 0 Å². The smallest absolute Gasteiger partial charge is 0.241 e. The Hall–Kier alpha value is -0.560. The minimum Gasteiger partial charge on any atom is -0.487 e. The molecule has 0 saturated carbocycles. The zero-order chi connectivity index (χ0) is 12.3. The van der Waals surface area contributed by atoms with Crippen LogP contribution in [0.3, 0.4) is 0 Å². The Morgan fingerprint density at radius 1 is 1.56 bits per heavy atom. The molecule has 7 heteroatoms. The molecule has 0 unspecified atom stereocenters. The normalized spacial score (nSPS) is 11.2. The number of sulfonamides is 1. The molecule has 0 aliphatic carbocycles. The molecule has 0 aliphatic rings. The predicted octanol–water partition coefficient (Wildman–Crippen LogP) is 2.31. The maximum Gasteiger partial charge on any atom is 0.241 e. The lowest BCUT2D eigenvalue weighted by molar-refractivity contribution is 0.353. The van der Waals surface area contributed by atoms with Gasteiger partial charge < -0.3 is 4.74 Å². The quantitative estimate of drug-likeness (QED) is 0.863. The first-order valence-corrected chi connectivity index (χ1v) is 6.83. The van der Waals surface area contributed by atoms with Crippen LogP contribution in [0, 0.1) is 0 Å². The third-order valence-electron chi connectivity index (χ3n) is 1.63. The highest BCUT2D eigenvalue weighted by Gasteiger charge is 2.19. The molecule has 0 saturated heterocycles. The molecular weight excluding hydrogens is 318 g/mol. The van der Waals surface area contributed by atoms with Crippen LogP contribution in [0.4, 0.5) is 0 Å². The Kier molecular flexibility index (Phi) is 4.37. The van der Waals surface area contributed by atoms with E-state index in [0.717, 1.165) is 0 Å². The minimum atomic E-state index is -3.88. The second-order valence-electron chi connectivity index (χ2n) is 2.86. The summed E-state index contributed by atoms with van der Waals surface area (Å²) < 4.78 is 28.3. The summed E-state index contributed by atoms with van der Waals surface area (Å²) in [6.07, 6.45) is 1.48. The Morgan fingerprint density at radius 2 is 2.19 bits per heavy atom. The van der Waals surface area contributed by atoms with Gasteiger partial charge in [-0.1, -0.05) is 40.2 Å². The van der Waals surface area contributed by atoms with Gasteiger partial charge in [-0.25, -0.2) is 13.6 Å². The van der Waals surface area contributed by atoms with E-state index in [9.17, 15) is 8.42 Å². The maximum atomic E-state index is 11.3. The van der Waals surface area contributed by atoms with Crippen LogP contribution in [0.1, 0.15) is 0 Å². The van der Waals surface area contributed by atoms with Crippen molar-refractivity contribution in [1.82, 2.24) is 0 Å². The molecule has 0 spiro atoms. The van der Waals surface area contributed by atoms with Crippen molar-refractivity contribution < 1.29 is 13.2 Å². The molecule has 0 aliphatic heterocycles. The van der Waals surface area contributed by atoms with E-state index in [1.807, 2.05) is 0 Å². The van der Waals surface area contributed by atoms with Crippen LogP contribution in [0.2, 0.25) is 5.02 Å². The molecule has 0 amide bonds. The Labute approximate surface area is 107 Å². The first-order chi connectivity index (χ1) is 7.36. The fourth-order valence-corrected chi connectivity index (χ4v) is 2.82. The molecule has 0 aromatic heterocycles. The van der Waals surface area contributed by atoms with Gasteiger partial charge in [0.1, 0.15) is 11.5 Å². The summed E-state index contributed by atoms with van der Waals surface area (Å²) in [5.41, 5.74) is 0. The summed E-state index contributed by atoms with van der Waals surface area (Å²) in [6, 6.07) is 2.86. The van der Waals surface area contributed by atoms with Gasteiger partial charge in [-0.3, -0.25) is 0 Å². The van der Waals surface area contributed by atoms with Gasteiger partial charge in [-0.2, -0.15) is 0 Å². The number of primary sulfonamides is 1. The van der Waals surface area contributed by atoms with Crippen LogP contribution >= 0.6 is 27.5 Å². The second kappa shape index (κ2) is 5.18. The lowest BCUT2D eigenvalue weighted by Gasteiger charge is -2.11. The number of benzene rings is 1. The van der Waals surface area contributed by atoms with Crippen LogP contribution < -0.4 is 9.88 Å². The zero-order valence-corrected chi connectivity index (χ0v) is 11.3. The summed E-state index contributed by atoms with van der Waals surface area (Å²) in [4.78, 5) is -0.159. The number of rotatable bonds is 4. The summed E-state index contributed by atoms with van der Waals surface area (Å²) in [5.74, 6) is 0.0345. The first-order valence-electron chi connectivity index (χ1n) is 4.12. The van der Waals surface area contributed by atoms with E-state index in [0.29, 0.717) is 4.47 Å². The van der Waals surface area contributed by atoms with E-state index in [2.05, 4.69) is 22.5 Å². The highest BCUT2D eigenvalue weighted by atomic mass is 79.9. The van der Waals surface area contributed by atoms with Crippen molar-refractivity contribution in [2.45, 2.75) is 4.90 Å². The van der Waals surface area contributed by atoms with Crippen molar-refractivity contribution in [1.29, 1.82) is 0 Å². The number of hydrogen-bond donors (Lipinski definition) is 1. The third-order valence-corrected chi connectivity index (χ3v) is 3.28. The van der Waals surface area contributed by atoms with Crippen LogP contribution in [0.15, 0.2) is 34.2 Å². The molecule has 0 fully saturated rings. The Bertz CT molecular complexity index is 516. The Balaban J connectivity index is 3.38. The molecule has 1 aromatic rings. The molecular formula is C9H9BrClNO3S. The van der Waals surface area contributed by atoms with Crippen molar-refractivity contribution in [3.8, 4) is 5.75 Å². The van der Waals surface area contributed by atoms with E-state index in [4.69, 9.17) is 21.5 Å². The predicted molar refractivity (Wildman–Crippen MR) is 66.2 cm³/mol. The number of hydrogen-bond acceptors (Lipinski definition) is 3. The maximum absolute atomic E-state index is 11.3. The number of nitrogens with two attached hydrogens (primary N) is 1. The molecule has 0 atom stereocenters. The minimum absolute atomic E-state index is 0.0345. The van der Waals surface area contributed by atoms with Crippen molar-refractivity contribution in [3.05, 3.63) is 34.3 Å². The molecule has 88 valence electrons. The molecule has 0 bridgehead atoms. The van der Waals surface area contributed by atoms with E-state index in [-0.39, 0.29) is 22.3 Å². The van der Waals surface area contributed by atoms with E-state index in [1.54, 1.807) is 0 Å². The lowest BCUT2D eigenvalue weighted by atomic mass is 10.3. The molecule has 1 aromatic carbocycles. The monoisotopic (exact) mass is 325 g/mol. The van der Waals surface area contributed by atoms with Gasteiger partial charge in [0, 0.05) is 4.47 Å². The summed E-state index contributed by atoms with van der Waals surface area (Å²) in [6.45, 7) is 3.60. The van der Waals surface area contributed by atoms with E-state index >= 15 is 0 Å². The first kappa shape index (κ1) is 13.5. The summed E-state index contributed by atoms with van der Waals surface area (Å²) >= 11 is 8.99. The van der Waals surface area contributed by atoms with Gasteiger partial charge in [0.2, 0.25) is 10.0 Å². The van der Waals surface area contributed by atoms with Gasteiger partial charge in [0.15, 0.2) is 5.75 Å². The highest BCUT2D eigenvalue weighted by molar-refractivity contribution is 9.10. The summed E-state index contributed by atoms with van der Waals surface area (Å²) in [5, 5.41) is 5.22. The molecule has 0 heterocycles. The van der Waals surface area contributed by atoms with Crippen LogP contribution in [0.25, 0.3) is 0 Å².